The minimum atomic E-state index is -5.13. The third kappa shape index (κ3) is 16.2. The highest BCUT2D eigenvalue weighted by molar-refractivity contribution is 8.76. The van der Waals surface area contributed by atoms with Crippen molar-refractivity contribution in [2.75, 3.05) is 43.6 Å². The Morgan fingerprint density at radius 2 is 0.956 bits per heavy atom. The second-order valence-corrected chi connectivity index (χ2v) is 23.5. The summed E-state index contributed by atoms with van der Waals surface area (Å²) in [7, 11) is -8.39. The largest absolute Gasteiger partial charge is 0.505 e. The molecule has 8 aromatic rings. The van der Waals surface area contributed by atoms with E-state index in [1.165, 1.54) is 78.9 Å². The number of nitrogens with one attached hydrogen (secondary N) is 8. The van der Waals surface area contributed by atoms with Gasteiger partial charge < -0.3 is 51.9 Å². The molecule has 2 heterocycles. The van der Waals surface area contributed by atoms with Gasteiger partial charge in [0.25, 0.3) is 20.2 Å². The maximum atomic E-state index is 12.7. The van der Waals surface area contributed by atoms with Gasteiger partial charge in [-0.25, -0.2) is 19.2 Å². The number of fused-ring (bicyclic) bond motifs is 2. The minimum Gasteiger partial charge on any atom is -0.505 e. The fourth-order valence-corrected chi connectivity index (χ4v) is 11.3. The zero-order valence-corrected chi connectivity index (χ0v) is 48.8. The van der Waals surface area contributed by atoms with Gasteiger partial charge in [-0.05, 0) is 65.4 Å². The molecule has 466 valence electrons. The van der Waals surface area contributed by atoms with Gasteiger partial charge >= 0.3 is 23.9 Å². The quantitative estimate of drug-likeness (QED) is 0.00835. The number of aromatic hydroxyl groups is 2. The number of carbonyl (C=O) groups excluding carboxylic acids is 2. The van der Waals surface area contributed by atoms with Crippen LogP contribution in [0.5, 0.6) is 11.5 Å². The molecule has 2 unspecified atom stereocenters. The van der Waals surface area contributed by atoms with Crippen molar-refractivity contribution in [3.8, 4) is 11.5 Å². The van der Waals surface area contributed by atoms with Crippen molar-refractivity contribution in [1.29, 1.82) is 0 Å². The molecule has 0 aliphatic rings. The van der Waals surface area contributed by atoms with E-state index in [0.717, 1.165) is 53.6 Å². The number of hydrogen-bond donors (Lipinski definition) is 16. The van der Waals surface area contributed by atoms with Crippen molar-refractivity contribution in [3.05, 3.63) is 108 Å². The van der Waals surface area contributed by atoms with Crippen LogP contribution in [0.4, 0.5) is 69.8 Å². The molecule has 0 bridgehead atoms. The van der Waals surface area contributed by atoms with E-state index in [4.69, 9.17) is 0 Å². The highest BCUT2D eigenvalue weighted by atomic mass is 33.1. The molecule has 2 atom stereocenters. The molecule has 36 nitrogen and oxygen atoms in total. The number of phenolic OH excluding ortho intramolecular Hbond substituents is 2. The van der Waals surface area contributed by atoms with Crippen LogP contribution < -0.4 is 43.0 Å². The van der Waals surface area contributed by atoms with E-state index in [9.17, 15) is 85.3 Å². The number of carbonyl (C=O) groups is 6. The Morgan fingerprint density at radius 1 is 0.500 bits per heavy atom. The normalized spacial score (nSPS) is 12.3. The lowest BCUT2D eigenvalue weighted by molar-refractivity contribution is -0.138. The lowest BCUT2D eigenvalue weighted by Gasteiger charge is -2.18. The molecule has 0 saturated carbocycles. The van der Waals surface area contributed by atoms with Crippen LogP contribution in [-0.4, -0.2) is 146 Å². The molecule has 0 radical (unpaired) electrons. The van der Waals surface area contributed by atoms with Gasteiger partial charge in [-0.1, -0.05) is 64.1 Å². The first-order chi connectivity index (χ1) is 42.6. The number of carboxylic acid groups (broad SMARTS) is 4. The Labute approximate surface area is 512 Å². The number of aromatic nitrogens is 6. The van der Waals surface area contributed by atoms with Crippen LogP contribution in [-0.2, 0) is 39.4 Å². The summed E-state index contributed by atoms with van der Waals surface area (Å²) in [6.07, 6.45) is 0. The first-order valence-electron chi connectivity index (χ1n) is 25.0. The molecular formula is C50H44N18O18S4. The number of nitrogens with zero attached hydrogens (tertiary/aromatic N) is 10. The van der Waals surface area contributed by atoms with Crippen molar-refractivity contribution >= 4 is 169 Å². The van der Waals surface area contributed by atoms with Gasteiger partial charge in [-0.3, -0.25) is 40.4 Å². The smallest absolute Gasteiger partial charge is 0.337 e. The number of hydrazine groups is 2. The summed E-state index contributed by atoms with van der Waals surface area (Å²) in [5, 5.41) is 89.0. The summed E-state index contributed by atoms with van der Waals surface area (Å²) in [5.74, 6) is -11.9. The fourth-order valence-electron chi connectivity index (χ4n) is 7.76. The predicted molar refractivity (Wildman–Crippen MR) is 322 cm³/mol. The van der Waals surface area contributed by atoms with E-state index in [1.807, 2.05) is 0 Å². The lowest BCUT2D eigenvalue weighted by atomic mass is 10.1. The van der Waals surface area contributed by atoms with E-state index in [-0.39, 0.29) is 72.6 Å². The summed E-state index contributed by atoms with van der Waals surface area (Å²) >= 11 is 0. The summed E-state index contributed by atoms with van der Waals surface area (Å²) in [5.41, 5.74) is 6.99. The maximum absolute atomic E-state index is 12.7. The van der Waals surface area contributed by atoms with Gasteiger partial charge in [-0.15, -0.1) is 20.5 Å². The number of benzene rings is 6. The average molecular weight is 1310 g/mol. The number of azo groups is 2. The maximum Gasteiger partial charge on any atom is 0.337 e. The number of anilines is 8. The third-order valence-electron chi connectivity index (χ3n) is 11.7. The highest BCUT2D eigenvalue weighted by Crippen LogP contribution is 2.46. The average Bonchev–Trinajstić information content (AvgIpc) is 0.787. The van der Waals surface area contributed by atoms with Gasteiger partial charge in [0, 0.05) is 36.1 Å². The van der Waals surface area contributed by atoms with Crippen LogP contribution in [0.2, 0.25) is 0 Å². The Bertz CT molecular complexity index is 4510. The molecule has 0 fully saturated rings. The number of phenols is 2. The Morgan fingerprint density at radius 3 is 1.44 bits per heavy atom. The van der Waals surface area contributed by atoms with Gasteiger partial charge in [0.15, 0.2) is 11.5 Å². The van der Waals surface area contributed by atoms with E-state index < -0.39 is 131 Å². The second kappa shape index (κ2) is 27.7. The summed E-state index contributed by atoms with van der Waals surface area (Å²) in [6, 6.07) is 17.2. The first-order valence-corrected chi connectivity index (χ1v) is 30.4. The van der Waals surface area contributed by atoms with Crippen molar-refractivity contribution in [3.63, 3.8) is 0 Å². The Hall–Kier alpha value is -11.2. The third-order valence-corrected chi connectivity index (χ3v) is 15.8. The molecule has 0 aliphatic heterocycles. The zero-order chi connectivity index (χ0) is 65.2. The summed E-state index contributed by atoms with van der Waals surface area (Å²) in [6.45, 7) is 2.26. The van der Waals surface area contributed by atoms with Gasteiger partial charge in [-0.2, -0.15) is 46.7 Å². The number of aromatic carboxylic acids is 2. The van der Waals surface area contributed by atoms with E-state index in [2.05, 4.69) is 93.3 Å². The molecule has 90 heavy (non-hydrogen) atoms. The number of carboxylic acids is 4. The summed E-state index contributed by atoms with van der Waals surface area (Å²) < 4.78 is 70.4. The monoisotopic (exact) mass is 1310 g/mol. The van der Waals surface area contributed by atoms with Crippen LogP contribution in [0.25, 0.3) is 21.5 Å². The number of hydrogen-bond acceptors (Lipinski definition) is 30. The topological polar surface area (TPSA) is 556 Å². The van der Waals surface area contributed by atoms with Crippen LogP contribution in [0.3, 0.4) is 0 Å². The van der Waals surface area contributed by atoms with Crippen LogP contribution in [0.1, 0.15) is 34.6 Å². The van der Waals surface area contributed by atoms with E-state index in [0.29, 0.717) is 0 Å². The van der Waals surface area contributed by atoms with Crippen molar-refractivity contribution in [2.24, 2.45) is 20.5 Å². The van der Waals surface area contributed by atoms with Gasteiger partial charge in [0.05, 0.1) is 27.4 Å². The minimum absolute atomic E-state index is 0.0121. The predicted octanol–water partition coefficient (Wildman–Crippen LogP) is 6.72. The molecule has 8 rings (SSSR count). The second-order valence-electron chi connectivity index (χ2n) is 18.1. The lowest BCUT2D eigenvalue weighted by Crippen LogP contribution is -2.34. The molecule has 40 heteroatoms. The zero-order valence-electron chi connectivity index (χ0n) is 45.6. The van der Waals surface area contributed by atoms with E-state index in [1.54, 1.807) is 0 Å². The molecule has 0 aliphatic carbocycles. The van der Waals surface area contributed by atoms with Crippen molar-refractivity contribution in [2.45, 2.75) is 35.7 Å². The standard InChI is InChI=1S/C50H44N18O18S4/c1-21(69)61-67-49-57-45(51-30-13-7-8-23-17-35(90(84,85)86)38(40(72)36(23)30)66-64-29-12-6-4-10-27(29)42(75)76)55-47(59-49)53-33(43(77)78)19-87-88-20-34(44(79)80)54-48-56-46(58-50(60-48)68-62-22(2)70)52-32-18-25(89(81,82)83)16-24-14-15-31(39(71)37(24)32)65-63-28-11-5-3-9-26(28)41(73)74/h3-18,33-34,71-72H,19-20H2,1-2H3,(H,61,69)(H,62,70)(H,73,74)(H,75,76)(H,77,78)(H,79,80)(H,81,82,83)(H,84,85,86)(H3,51,53,55,57,59,67)(H3,52,54,56,58,60,68)/b65-63+,66-64+. The molecule has 0 spiro atoms. The van der Waals surface area contributed by atoms with Crippen molar-refractivity contribution < 1.29 is 85.3 Å². The highest BCUT2D eigenvalue weighted by Gasteiger charge is 2.27. The number of rotatable bonds is 27. The first kappa shape index (κ1) is 64.8. The molecule has 2 aromatic heterocycles. The Balaban J connectivity index is 1.03. The van der Waals surface area contributed by atoms with E-state index >= 15 is 0 Å². The molecule has 16 N–H and O–H groups in total. The van der Waals surface area contributed by atoms with Gasteiger partial charge in [0.1, 0.15) is 39.7 Å². The SMILES string of the molecule is CC(=O)NNc1nc(Nc2cc(S(=O)(=O)O)cc3ccc(/N=N/c4ccccc4C(=O)O)c(O)c23)nc(NC(CSSCC(Nc2nc(NNC(C)=O)nc(Nc3cccc4cc(S(=O)(=O)O)c(/N=N/c5ccccc5C(=O)O)c(O)c34)n2)C(=O)O)C(=O)O)n1. The van der Waals surface area contributed by atoms with Crippen molar-refractivity contribution in [1.82, 2.24) is 40.8 Å². The molecule has 0 saturated heterocycles. The van der Waals surface area contributed by atoms with Crippen LogP contribution >= 0.6 is 21.6 Å². The van der Waals surface area contributed by atoms with Crippen LogP contribution in [0.15, 0.2) is 127 Å². The Kier molecular flexibility index (Phi) is 19.9. The summed E-state index contributed by atoms with van der Waals surface area (Å²) in [4.78, 5) is 96.3. The molecule has 6 aromatic carbocycles. The molecular weight excluding hydrogens is 1270 g/mol. The number of aliphatic carboxylic acids is 2. The van der Waals surface area contributed by atoms with Crippen LogP contribution in [0, 0.1) is 0 Å². The molecule has 2 amide bonds. The van der Waals surface area contributed by atoms with Gasteiger partial charge in [0.2, 0.25) is 47.5 Å². The number of amides is 2. The fraction of sp³-hybridized carbons (Fsp3) is 0.120.